The zero-order valence-electron chi connectivity index (χ0n) is 15.1. The molecule has 2 rings (SSSR count). The zero-order valence-corrected chi connectivity index (χ0v) is 15.9. The van der Waals surface area contributed by atoms with Gasteiger partial charge < -0.3 is 20.1 Å². The minimum atomic E-state index is -3.66. The van der Waals surface area contributed by atoms with Crippen molar-refractivity contribution in [2.24, 2.45) is 16.0 Å². The summed E-state index contributed by atoms with van der Waals surface area (Å²) in [5, 5.41) is 11.5. The van der Waals surface area contributed by atoms with Crippen LogP contribution in [0.15, 0.2) is 34.2 Å². The molecule has 0 radical (unpaired) electrons. The van der Waals surface area contributed by atoms with Gasteiger partial charge in [0.15, 0.2) is 5.96 Å². The van der Waals surface area contributed by atoms with E-state index in [1.807, 2.05) is 0 Å². The Morgan fingerprint density at radius 1 is 1.35 bits per heavy atom. The molecule has 1 aromatic rings. The van der Waals surface area contributed by atoms with Crippen molar-refractivity contribution in [1.29, 1.82) is 0 Å². The zero-order chi connectivity index (χ0) is 18.8. The average molecular weight is 385 g/mol. The Bertz CT molecular complexity index is 671. The van der Waals surface area contributed by atoms with Crippen LogP contribution in [-0.2, 0) is 26.0 Å². The van der Waals surface area contributed by atoms with Gasteiger partial charge in [0.25, 0.3) is 0 Å². The van der Waals surface area contributed by atoms with Gasteiger partial charge in [0.05, 0.1) is 18.1 Å². The quantitative estimate of drug-likeness (QED) is 0.323. The maximum atomic E-state index is 11.2. The van der Waals surface area contributed by atoms with Gasteiger partial charge in [-0.2, -0.15) is 0 Å². The van der Waals surface area contributed by atoms with Crippen LogP contribution < -0.4 is 15.8 Å². The molecule has 8 nitrogen and oxygen atoms in total. The second-order valence-electron chi connectivity index (χ2n) is 6.20. The lowest BCUT2D eigenvalue weighted by atomic mass is 10.1. The number of ether oxygens (including phenoxy) is 2. The van der Waals surface area contributed by atoms with E-state index in [0.29, 0.717) is 25.0 Å². The fourth-order valence-corrected chi connectivity index (χ4v) is 3.06. The number of rotatable bonds is 9. The number of nitrogens with one attached hydrogen (secondary N) is 2. The van der Waals surface area contributed by atoms with E-state index >= 15 is 0 Å². The first-order valence-corrected chi connectivity index (χ1v) is 10.3. The molecule has 1 heterocycles. The van der Waals surface area contributed by atoms with E-state index in [0.717, 1.165) is 44.8 Å². The largest absolute Gasteiger partial charge is 0.381 e. The van der Waals surface area contributed by atoms with Gasteiger partial charge >= 0.3 is 0 Å². The number of aliphatic imine (C=N–C) groups is 1. The lowest BCUT2D eigenvalue weighted by molar-refractivity contribution is 0.0888. The first-order chi connectivity index (χ1) is 12.5. The molecular formula is C17H28N4O4S. The Labute approximate surface area is 155 Å². The number of hydrogen-bond acceptors (Lipinski definition) is 5. The molecule has 1 unspecified atom stereocenters. The SMILES string of the molecule is CN=C(NCCCOCC1CCOC1)NCc1ccc(S(N)(=O)=O)cc1. The Morgan fingerprint density at radius 2 is 2.12 bits per heavy atom. The molecule has 0 aromatic heterocycles. The number of nitrogens with zero attached hydrogens (tertiary/aromatic N) is 1. The summed E-state index contributed by atoms with van der Waals surface area (Å²) in [7, 11) is -1.95. The molecule has 0 spiro atoms. The van der Waals surface area contributed by atoms with Crippen LogP contribution in [0.1, 0.15) is 18.4 Å². The number of guanidine groups is 1. The van der Waals surface area contributed by atoms with E-state index in [4.69, 9.17) is 14.6 Å². The van der Waals surface area contributed by atoms with Gasteiger partial charge in [-0.05, 0) is 30.5 Å². The van der Waals surface area contributed by atoms with E-state index in [2.05, 4.69) is 15.6 Å². The Kier molecular flexibility index (Phi) is 8.30. The molecule has 4 N–H and O–H groups in total. The summed E-state index contributed by atoms with van der Waals surface area (Å²) in [4.78, 5) is 4.27. The molecule has 1 aliphatic heterocycles. The smallest absolute Gasteiger partial charge is 0.238 e. The molecule has 0 aliphatic carbocycles. The predicted molar refractivity (Wildman–Crippen MR) is 100 cm³/mol. The molecule has 0 bridgehead atoms. The second-order valence-corrected chi connectivity index (χ2v) is 7.76. The fraction of sp³-hybridized carbons (Fsp3) is 0.588. The summed E-state index contributed by atoms with van der Waals surface area (Å²) < 4.78 is 33.5. The molecule has 0 amide bonds. The lowest BCUT2D eigenvalue weighted by Crippen LogP contribution is -2.37. The molecule has 146 valence electrons. The van der Waals surface area contributed by atoms with Crippen molar-refractivity contribution in [2.45, 2.75) is 24.3 Å². The van der Waals surface area contributed by atoms with E-state index in [1.54, 1.807) is 19.2 Å². The molecule has 1 aliphatic rings. The van der Waals surface area contributed by atoms with E-state index in [-0.39, 0.29) is 4.90 Å². The van der Waals surface area contributed by atoms with Crippen molar-refractivity contribution >= 4 is 16.0 Å². The highest BCUT2D eigenvalue weighted by Gasteiger charge is 2.15. The van der Waals surface area contributed by atoms with Gasteiger partial charge in [0.1, 0.15) is 0 Å². The van der Waals surface area contributed by atoms with Crippen LogP contribution in [0, 0.1) is 5.92 Å². The third kappa shape index (κ3) is 7.28. The molecule has 26 heavy (non-hydrogen) atoms. The number of benzene rings is 1. The van der Waals surface area contributed by atoms with Crippen LogP contribution in [0.4, 0.5) is 0 Å². The van der Waals surface area contributed by atoms with Gasteiger partial charge in [-0.15, -0.1) is 0 Å². The molecule has 1 saturated heterocycles. The van der Waals surface area contributed by atoms with Crippen LogP contribution in [0.25, 0.3) is 0 Å². The first-order valence-electron chi connectivity index (χ1n) is 8.71. The first kappa shape index (κ1) is 20.6. The molecular weight excluding hydrogens is 356 g/mol. The van der Waals surface area contributed by atoms with Gasteiger partial charge in [-0.25, -0.2) is 13.6 Å². The van der Waals surface area contributed by atoms with E-state index in [1.165, 1.54) is 12.1 Å². The molecule has 9 heteroatoms. The summed E-state index contributed by atoms with van der Waals surface area (Å²) >= 11 is 0. The summed E-state index contributed by atoms with van der Waals surface area (Å²) in [5.41, 5.74) is 0.933. The van der Waals surface area contributed by atoms with Crippen LogP contribution in [0.5, 0.6) is 0 Å². The van der Waals surface area contributed by atoms with Crippen molar-refractivity contribution in [3.8, 4) is 0 Å². The summed E-state index contributed by atoms with van der Waals surface area (Å²) in [5.74, 6) is 1.22. The fourth-order valence-electron chi connectivity index (χ4n) is 2.55. The molecule has 1 atom stereocenters. The Hall–Kier alpha value is -1.68. The van der Waals surface area contributed by atoms with E-state index in [9.17, 15) is 8.42 Å². The standard InChI is InChI=1S/C17H28N4O4S/c1-19-17(20-8-2-9-24-12-15-7-10-25-13-15)21-11-14-3-5-16(6-4-14)26(18,22)23/h3-6,15H,2,7-13H2,1H3,(H2,18,22,23)(H2,19,20,21). The molecule has 0 saturated carbocycles. The second kappa shape index (κ2) is 10.5. The predicted octanol–water partition coefficient (Wildman–Crippen LogP) is 0.442. The van der Waals surface area contributed by atoms with Crippen molar-refractivity contribution in [3.63, 3.8) is 0 Å². The van der Waals surface area contributed by atoms with Crippen molar-refractivity contribution in [2.75, 3.05) is 40.0 Å². The normalized spacial score (nSPS) is 18.1. The van der Waals surface area contributed by atoms with Crippen molar-refractivity contribution < 1.29 is 17.9 Å². The average Bonchev–Trinajstić information content (AvgIpc) is 3.13. The monoisotopic (exact) mass is 384 g/mol. The molecule has 1 aromatic carbocycles. The van der Waals surface area contributed by atoms with E-state index < -0.39 is 10.0 Å². The van der Waals surface area contributed by atoms with Crippen molar-refractivity contribution in [3.05, 3.63) is 29.8 Å². The van der Waals surface area contributed by atoms with Gasteiger partial charge in [-0.3, -0.25) is 4.99 Å². The third-order valence-corrected chi connectivity index (χ3v) is 5.00. The maximum absolute atomic E-state index is 11.2. The van der Waals surface area contributed by atoms with Gasteiger partial charge in [0.2, 0.25) is 10.0 Å². The minimum Gasteiger partial charge on any atom is -0.381 e. The van der Waals surface area contributed by atoms with Crippen LogP contribution >= 0.6 is 0 Å². The summed E-state index contributed by atoms with van der Waals surface area (Å²) in [6.07, 6.45) is 1.98. The number of nitrogens with two attached hydrogens (primary N) is 1. The van der Waals surface area contributed by atoms with Crippen LogP contribution in [0.3, 0.4) is 0 Å². The minimum absolute atomic E-state index is 0.105. The number of sulfonamides is 1. The Morgan fingerprint density at radius 3 is 2.73 bits per heavy atom. The van der Waals surface area contributed by atoms with Crippen LogP contribution in [0.2, 0.25) is 0 Å². The summed E-state index contributed by atoms with van der Waals surface area (Å²) in [6.45, 7) is 4.42. The topological polar surface area (TPSA) is 115 Å². The van der Waals surface area contributed by atoms with Crippen LogP contribution in [-0.4, -0.2) is 54.4 Å². The maximum Gasteiger partial charge on any atom is 0.238 e. The Balaban J connectivity index is 1.61. The lowest BCUT2D eigenvalue weighted by Gasteiger charge is -2.13. The highest BCUT2D eigenvalue weighted by Crippen LogP contribution is 2.12. The summed E-state index contributed by atoms with van der Waals surface area (Å²) in [6, 6.07) is 6.44. The van der Waals surface area contributed by atoms with Crippen molar-refractivity contribution in [1.82, 2.24) is 10.6 Å². The van der Waals surface area contributed by atoms with Gasteiger partial charge in [-0.1, -0.05) is 12.1 Å². The molecule has 1 fully saturated rings. The number of hydrogen-bond donors (Lipinski definition) is 3. The highest BCUT2D eigenvalue weighted by molar-refractivity contribution is 7.89. The third-order valence-electron chi connectivity index (χ3n) is 4.07. The highest BCUT2D eigenvalue weighted by atomic mass is 32.2. The van der Waals surface area contributed by atoms with Gasteiger partial charge in [0, 0.05) is 39.3 Å². The number of primary sulfonamides is 1.